The van der Waals surface area contributed by atoms with Crippen LogP contribution in [-0.2, 0) is 7.05 Å². The zero-order valence-electron chi connectivity index (χ0n) is 11.4. The van der Waals surface area contributed by atoms with Gasteiger partial charge in [-0.05, 0) is 44.9 Å². The summed E-state index contributed by atoms with van der Waals surface area (Å²) in [5.41, 5.74) is 9.18. The van der Waals surface area contributed by atoms with Crippen molar-refractivity contribution in [2.24, 2.45) is 12.8 Å². The number of hydrogen-bond acceptors (Lipinski definition) is 3. The highest BCUT2D eigenvalue weighted by atomic mass is 15.0. The van der Waals surface area contributed by atoms with Crippen LogP contribution in [0.25, 0.3) is 11.0 Å². The SMILES string of the molecule is Cn1cnc2cc(NCCCC(C)(C)N)ccc21. The number of hydrogen-bond donors (Lipinski definition) is 2. The molecule has 3 N–H and O–H groups in total. The predicted molar refractivity (Wildman–Crippen MR) is 76.7 cm³/mol. The number of imidazole rings is 1. The fraction of sp³-hybridized carbons (Fsp3) is 0.500. The van der Waals surface area contributed by atoms with Crippen LogP contribution >= 0.6 is 0 Å². The number of anilines is 1. The lowest BCUT2D eigenvalue weighted by Gasteiger charge is -2.18. The lowest BCUT2D eigenvalue weighted by molar-refractivity contribution is 0.465. The van der Waals surface area contributed by atoms with Crippen molar-refractivity contribution < 1.29 is 0 Å². The van der Waals surface area contributed by atoms with E-state index in [-0.39, 0.29) is 5.54 Å². The standard InChI is InChI=1S/C14H22N4/c1-14(2,15)7-4-8-16-11-5-6-13-12(9-11)17-10-18(13)3/h5-6,9-10,16H,4,7-8,15H2,1-3H3. The van der Waals surface area contributed by atoms with Crippen LogP contribution in [0.4, 0.5) is 5.69 Å². The summed E-state index contributed by atoms with van der Waals surface area (Å²) in [6, 6.07) is 6.28. The van der Waals surface area contributed by atoms with Gasteiger partial charge in [-0.15, -0.1) is 0 Å². The van der Waals surface area contributed by atoms with E-state index < -0.39 is 0 Å². The largest absolute Gasteiger partial charge is 0.385 e. The van der Waals surface area contributed by atoms with Gasteiger partial charge in [-0.25, -0.2) is 4.98 Å². The lowest BCUT2D eigenvalue weighted by atomic mass is 10.0. The second-order valence-electron chi connectivity index (χ2n) is 5.58. The van der Waals surface area contributed by atoms with E-state index in [0.717, 1.165) is 36.1 Å². The second-order valence-corrected chi connectivity index (χ2v) is 5.58. The number of nitrogens with two attached hydrogens (primary N) is 1. The Kier molecular flexibility index (Phi) is 3.57. The van der Waals surface area contributed by atoms with Crippen LogP contribution in [0.1, 0.15) is 26.7 Å². The van der Waals surface area contributed by atoms with Gasteiger partial charge in [0.15, 0.2) is 0 Å². The smallest absolute Gasteiger partial charge is 0.0955 e. The molecule has 0 aliphatic carbocycles. The van der Waals surface area contributed by atoms with Crippen LogP contribution < -0.4 is 11.1 Å². The molecule has 2 aromatic rings. The third-order valence-electron chi connectivity index (χ3n) is 3.05. The molecule has 0 saturated carbocycles. The second kappa shape index (κ2) is 4.98. The maximum absolute atomic E-state index is 5.95. The molecule has 0 aliphatic heterocycles. The lowest BCUT2D eigenvalue weighted by Crippen LogP contribution is -2.32. The first-order valence-electron chi connectivity index (χ1n) is 6.39. The van der Waals surface area contributed by atoms with E-state index in [0.29, 0.717) is 0 Å². The summed E-state index contributed by atoms with van der Waals surface area (Å²) in [5, 5.41) is 3.41. The summed E-state index contributed by atoms with van der Waals surface area (Å²) in [7, 11) is 2.01. The van der Waals surface area contributed by atoms with Crippen LogP contribution in [0, 0.1) is 0 Å². The Bertz CT molecular complexity index is 522. The van der Waals surface area contributed by atoms with Gasteiger partial charge in [0.25, 0.3) is 0 Å². The van der Waals surface area contributed by atoms with E-state index in [9.17, 15) is 0 Å². The van der Waals surface area contributed by atoms with Crippen LogP contribution in [0.15, 0.2) is 24.5 Å². The molecule has 1 heterocycles. The molecular formula is C14H22N4. The summed E-state index contributed by atoms with van der Waals surface area (Å²) in [6.45, 7) is 5.07. The van der Waals surface area contributed by atoms with Gasteiger partial charge < -0.3 is 15.6 Å². The van der Waals surface area contributed by atoms with E-state index in [1.807, 2.05) is 17.9 Å². The number of fused-ring (bicyclic) bond motifs is 1. The molecule has 0 amide bonds. The van der Waals surface area contributed by atoms with Gasteiger partial charge >= 0.3 is 0 Å². The summed E-state index contributed by atoms with van der Waals surface area (Å²) in [4.78, 5) is 4.35. The molecule has 98 valence electrons. The molecule has 0 atom stereocenters. The fourth-order valence-electron chi connectivity index (χ4n) is 2.02. The molecular weight excluding hydrogens is 224 g/mol. The molecule has 1 aromatic heterocycles. The molecule has 0 spiro atoms. The first-order chi connectivity index (χ1) is 8.46. The minimum absolute atomic E-state index is 0.0768. The van der Waals surface area contributed by atoms with Crippen molar-refractivity contribution in [3.05, 3.63) is 24.5 Å². The van der Waals surface area contributed by atoms with Crippen LogP contribution in [0.2, 0.25) is 0 Å². The minimum Gasteiger partial charge on any atom is -0.385 e. The number of rotatable bonds is 5. The normalized spacial score (nSPS) is 12.0. The quantitative estimate of drug-likeness (QED) is 0.797. The van der Waals surface area contributed by atoms with E-state index in [1.54, 1.807) is 0 Å². The van der Waals surface area contributed by atoms with Crippen LogP contribution in [-0.4, -0.2) is 21.6 Å². The van der Waals surface area contributed by atoms with Crippen molar-refractivity contribution >= 4 is 16.7 Å². The number of nitrogens with zero attached hydrogens (tertiary/aromatic N) is 2. The van der Waals surface area contributed by atoms with Crippen molar-refractivity contribution in [3.8, 4) is 0 Å². The number of aryl methyl sites for hydroxylation is 1. The molecule has 1 aromatic carbocycles. The van der Waals surface area contributed by atoms with Gasteiger partial charge in [0.2, 0.25) is 0 Å². The molecule has 0 fully saturated rings. The molecule has 18 heavy (non-hydrogen) atoms. The zero-order chi connectivity index (χ0) is 13.2. The van der Waals surface area contributed by atoms with E-state index in [1.165, 1.54) is 0 Å². The van der Waals surface area contributed by atoms with E-state index in [2.05, 4.69) is 42.3 Å². The molecule has 2 rings (SSSR count). The summed E-state index contributed by atoms with van der Waals surface area (Å²) >= 11 is 0. The van der Waals surface area contributed by atoms with Gasteiger partial charge in [-0.1, -0.05) is 0 Å². The van der Waals surface area contributed by atoms with E-state index in [4.69, 9.17) is 5.73 Å². The topological polar surface area (TPSA) is 55.9 Å². The molecule has 4 nitrogen and oxygen atoms in total. The highest BCUT2D eigenvalue weighted by Crippen LogP contribution is 2.17. The Balaban J connectivity index is 1.92. The van der Waals surface area contributed by atoms with Crippen molar-refractivity contribution in [1.82, 2.24) is 9.55 Å². The Labute approximate surface area is 108 Å². The minimum atomic E-state index is -0.0768. The van der Waals surface area contributed by atoms with Gasteiger partial charge in [0.1, 0.15) is 0 Å². The maximum Gasteiger partial charge on any atom is 0.0955 e. The number of nitrogens with one attached hydrogen (secondary N) is 1. The highest BCUT2D eigenvalue weighted by Gasteiger charge is 2.09. The first-order valence-corrected chi connectivity index (χ1v) is 6.39. The summed E-state index contributed by atoms with van der Waals surface area (Å²) < 4.78 is 2.02. The average molecular weight is 246 g/mol. The van der Waals surface area contributed by atoms with E-state index >= 15 is 0 Å². The molecule has 0 radical (unpaired) electrons. The van der Waals surface area contributed by atoms with Crippen LogP contribution in [0.5, 0.6) is 0 Å². The summed E-state index contributed by atoms with van der Waals surface area (Å²) in [5.74, 6) is 0. The fourth-order valence-corrected chi connectivity index (χ4v) is 2.02. The number of benzene rings is 1. The first kappa shape index (κ1) is 12.9. The highest BCUT2D eigenvalue weighted by molar-refractivity contribution is 5.79. The third-order valence-corrected chi connectivity index (χ3v) is 3.05. The summed E-state index contributed by atoms with van der Waals surface area (Å²) in [6.07, 6.45) is 3.93. The Hall–Kier alpha value is -1.55. The molecule has 4 heteroatoms. The van der Waals surface area contributed by atoms with Crippen molar-refractivity contribution in [2.75, 3.05) is 11.9 Å². The molecule has 0 saturated heterocycles. The van der Waals surface area contributed by atoms with Crippen molar-refractivity contribution in [3.63, 3.8) is 0 Å². The van der Waals surface area contributed by atoms with Gasteiger partial charge in [0.05, 0.1) is 17.4 Å². The zero-order valence-corrected chi connectivity index (χ0v) is 11.4. The Morgan fingerprint density at radius 3 is 2.89 bits per heavy atom. The molecule has 0 unspecified atom stereocenters. The van der Waals surface area contributed by atoms with Crippen molar-refractivity contribution in [1.29, 1.82) is 0 Å². The van der Waals surface area contributed by atoms with Crippen LogP contribution in [0.3, 0.4) is 0 Å². The number of aromatic nitrogens is 2. The molecule has 0 bridgehead atoms. The van der Waals surface area contributed by atoms with Crippen molar-refractivity contribution in [2.45, 2.75) is 32.2 Å². The van der Waals surface area contributed by atoms with Gasteiger partial charge in [-0.2, -0.15) is 0 Å². The maximum atomic E-state index is 5.95. The Morgan fingerprint density at radius 2 is 2.17 bits per heavy atom. The monoisotopic (exact) mass is 246 g/mol. The molecule has 0 aliphatic rings. The predicted octanol–water partition coefficient (Wildman–Crippen LogP) is 2.50. The average Bonchev–Trinajstić information content (AvgIpc) is 2.65. The van der Waals surface area contributed by atoms with Gasteiger partial charge in [0, 0.05) is 24.8 Å². The third kappa shape index (κ3) is 3.23. The van der Waals surface area contributed by atoms with Gasteiger partial charge in [-0.3, -0.25) is 0 Å². The Morgan fingerprint density at radius 1 is 1.39 bits per heavy atom.